The Kier molecular flexibility index (Phi) is 4.77. The fraction of sp³-hybridized carbons (Fsp3) is 0.526. The van der Waals surface area contributed by atoms with Crippen molar-refractivity contribution in [2.45, 2.75) is 38.5 Å². The smallest absolute Gasteiger partial charge is 0.229 e. The third-order valence-electron chi connectivity index (χ3n) is 5.39. The number of aliphatic hydroxyl groups excluding tert-OH is 1. The van der Waals surface area contributed by atoms with Gasteiger partial charge >= 0.3 is 0 Å². The van der Waals surface area contributed by atoms with Gasteiger partial charge in [0, 0.05) is 25.7 Å². The second-order valence-corrected chi connectivity index (χ2v) is 7.20. The number of aromatic nitrogens is 1. The Morgan fingerprint density at radius 3 is 2.77 bits per heavy atom. The Balaban J connectivity index is 1.49. The monoisotopic (exact) mass is 363 g/mol. The van der Waals surface area contributed by atoms with Gasteiger partial charge in [-0.2, -0.15) is 0 Å². The number of β-amino-alcohol motifs (C(OH)–C–C–N with tert-alkyl or cyclic N) is 1. The van der Waals surface area contributed by atoms with Crippen LogP contribution in [0.15, 0.2) is 22.6 Å². The van der Waals surface area contributed by atoms with Gasteiger partial charge in [-0.25, -0.2) is 13.8 Å². The molecule has 5 nitrogen and oxygen atoms in total. The molecular formula is C19H23F2N3O2. The van der Waals surface area contributed by atoms with E-state index in [-0.39, 0.29) is 23.6 Å². The van der Waals surface area contributed by atoms with Gasteiger partial charge in [-0.1, -0.05) is 6.07 Å². The van der Waals surface area contributed by atoms with Crippen LogP contribution in [0.5, 0.6) is 0 Å². The molecule has 140 valence electrons. The third-order valence-corrected chi connectivity index (χ3v) is 5.39. The normalized spacial score (nSPS) is 24.6. The van der Waals surface area contributed by atoms with Crippen LogP contribution < -0.4 is 0 Å². The van der Waals surface area contributed by atoms with Gasteiger partial charge in [-0.05, 0) is 45.0 Å². The zero-order valence-corrected chi connectivity index (χ0v) is 14.8. The summed E-state index contributed by atoms with van der Waals surface area (Å²) in [4.78, 5) is 8.88. The highest BCUT2D eigenvalue weighted by molar-refractivity contribution is 5.54. The maximum absolute atomic E-state index is 14.0. The van der Waals surface area contributed by atoms with Gasteiger partial charge < -0.3 is 9.52 Å². The molecule has 0 radical (unpaired) electrons. The van der Waals surface area contributed by atoms with E-state index >= 15 is 0 Å². The molecule has 0 aliphatic carbocycles. The van der Waals surface area contributed by atoms with Gasteiger partial charge in [0.15, 0.2) is 11.6 Å². The molecule has 0 unspecified atom stereocenters. The average molecular weight is 363 g/mol. The van der Waals surface area contributed by atoms with Gasteiger partial charge in [-0.15, -0.1) is 0 Å². The number of likely N-dealkylation sites (tertiary alicyclic amines) is 2. The molecule has 2 aromatic rings. The van der Waals surface area contributed by atoms with Crippen LogP contribution in [-0.2, 0) is 6.54 Å². The molecule has 1 N–H and O–H groups in total. The molecule has 26 heavy (non-hydrogen) atoms. The second-order valence-electron chi connectivity index (χ2n) is 7.20. The quantitative estimate of drug-likeness (QED) is 0.905. The summed E-state index contributed by atoms with van der Waals surface area (Å²) in [6.45, 7) is 5.73. The van der Waals surface area contributed by atoms with Gasteiger partial charge in [0.25, 0.3) is 0 Å². The van der Waals surface area contributed by atoms with E-state index in [4.69, 9.17) is 4.42 Å². The largest absolute Gasteiger partial charge is 0.441 e. The van der Waals surface area contributed by atoms with Crippen LogP contribution in [0.4, 0.5) is 8.78 Å². The number of hydrogen-bond acceptors (Lipinski definition) is 5. The third kappa shape index (κ3) is 3.26. The lowest BCUT2D eigenvalue weighted by molar-refractivity contribution is 0.0978. The highest BCUT2D eigenvalue weighted by Crippen LogP contribution is 2.28. The zero-order valence-electron chi connectivity index (χ0n) is 14.8. The molecule has 1 aromatic carbocycles. The van der Waals surface area contributed by atoms with Gasteiger partial charge in [0.05, 0.1) is 17.4 Å². The first-order valence-corrected chi connectivity index (χ1v) is 9.08. The van der Waals surface area contributed by atoms with E-state index < -0.39 is 11.6 Å². The molecule has 3 heterocycles. The average Bonchev–Trinajstić information content (AvgIpc) is 3.32. The highest BCUT2D eigenvalue weighted by Gasteiger charge is 2.36. The van der Waals surface area contributed by atoms with E-state index in [1.165, 1.54) is 25.0 Å². The zero-order chi connectivity index (χ0) is 18.3. The molecule has 0 saturated carbocycles. The highest BCUT2D eigenvalue weighted by atomic mass is 19.2. The van der Waals surface area contributed by atoms with Crippen LogP contribution in [-0.4, -0.2) is 58.2 Å². The maximum atomic E-state index is 14.0. The number of hydrogen-bond donors (Lipinski definition) is 1. The number of benzene rings is 1. The SMILES string of the molecule is Cc1oc(-c2cccc(F)c2F)nc1CN1C[C@H](O)[C@@H](N2CCCC2)C1. The van der Waals surface area contributed by atoms with Crippen molar-refractivity contribution >= 4 is 0 Å². The van der Waals surface area contributed by atoms with Crippen LogP contribution in [0.1, 0.15) is 24.3 Å². The van der Waals surface area contributed by atoms with Crippen molar-refractivity contribution in [2.75, 3.05) is 26.2 Å². The van der Waals surface area contributed by atoms with Crippen molar-refractivity contribution in [2.24, 2.45) is 0 Å². The predicted octanol–water partition coefficient (Wildman–Crippen LogP) is 2.57. The topological polar surface area (TPSA) is 52.7 Å². The Morgan fingerprint density at radius 2 is 2.00 bits per heavy atom. The first-order chi connectivity index (χ1) is 12.5. The van der Waals surface area contributed by atoms with Crippen molar-refractivity contribution < 1.29 is 18.3 Å². The van der Waals surface area contributed by atoms with Crippen LogP contribution in [0, 0.1) is 18.6 Å². The molecule has 0 amide bonds. The molecule has 0 bridgehead atoms. The molecule has 0 spiro atoms. The fourth-order valence-corrected chi connectivity index (χ4v) is 3.98. The number of nitrogens with zero attached hydrogens (tertiary/aromatic N) is 3. The summed E-state index contributed by atoms with van der Waals surface area (Å²) >= 11 is 0. The summed E-state index contributed by atoms with van der Waals surface area (Å²) in [6.07, 6.45) is 2.00. The number of aryl methyl sites for hydroxylation is 1. The van der Waals surface area contributed by atoms with E-state index in [1.807, 2.05) is 0 Å². The summed E-state index contributed by atoms with van der Waals surface area (Å²) in [5, 5.41) is 10.4. The van der Waals surface area contributed by atoms with Gasteiger partial charge in [0.1, 0.15) is 5.76 Å². The van der Waals surface area contributed by atoms with E-state index in [0.29, 0.717) is 24.5 Å². The summed E-state index contributed by atoms with van der Waals surface area (Å²) in [5.41, 5.74) is 0.716. The summed E-state index contributed by atoms with van der Waals surface area (Å²) in [6, 6.07) is 4.12. The van der Waals surface area contributed by atoms with Crippen molar-refractivity contribution in [3.63, 3.8) is 0 Å². The lowest BCUT2D eigenvalue weighted by atomic mass is 10.2. The van der Waals surface area contributed by atoms with Crippen LogP contribution in [0.2, 0.25) is 0 Å². The minimum atomic E-state index is -0.953. The maximum Gasteiger partial charge on any atom is 0.229 e. The van der Waals surface area contributed by atoms with E-state index in [1.54, 1.807) is 6.92 Å². The van der Waals surface area contributed by atoms with E-state index in [0.717, 1.165) is 25.7 Å². The Morgan fingerprint density at radius 1 is 1.23 bits per heavy atom. The first kappa shape index (κ1) is 17.6. The van der Waals surface area contributed by atoms with E-state index in [9.17, 15) is 13.9 Å². The minimum Gasteiger partial charge on any atom is -0.441 e. The van der Waals surface area contributed by atoms with Crippen LogP contribution in [0.25, 0.3) is 11.5 Å². The summed E-state index contributed by atoms with van der Waals surface area (Å²) in [7, 11) is 0. The number of halogens is 2. The Hall–Kier alpha value is -1.83. The summed E-state index contributed by atoms with van der Waals surface area (Å²) < 4.78 is 33.0. The van der Waals surface area contributed by atoms with Crippen molar-refractivity contribution in [1.29, 1.82) is 0 Å². The molecule has 2 aliphatic heterocycles. The molecule has 4 rings (SSSR count). The van der Waals surface area contributed by atoms with E-state index in [2.05, 4.69) is 14.8 Å². The molecule has 7 heteroatoms. The standard InChI is InChI=1S/C19H23F2N3O2/c1-12-15(22-19(26-12)13-5-4-6-14(20)18(13)21)9-23-10-16(17(25)11-23)24-7-2-3-8-24/h4-6,16-17,25H,2-3,7-11H2,1H3/t16-,17-/m0/s1. The molecule has 1 aromatic heterocycles. The molecule has 2 atom stereocenters. The lowest BCUT2D eigenvalue weighted by Crippen LogP contribution is -2.41. The van der Waals surface area contributed by atoms with Crippen LogP contribution in [0.3, 0.4) is 0 Å². The predicted molar refractivity (Wildman–Crippen MR) is 92.5 cm³/mol. The van der Waals surface area contributed by atoms with Gasteiger partial charge in [-0.3, -0.25) is 9.80 Å². The minimum absolute atomic E-state index is 0.0238. The molecule has 2 fully saturated rings. The Labute approximate surface area is 151 Å². The molecular weight excluding hydrogens is 340 g/mol. The van der Waals surface area contributed by atoms with Crippen molar-refractivity contribution in [1.82, 2.24) is 14.8 Å². The first-order valence-electron chi connectivity index (χ1n) is 9.08. The number of aliphatic hydroxyl groups is 1. The van der Waals surface area contributed by atoms with Crippen molar-refractivity contribution in [3.8, 4) is 11.5 Å². The second kappa shape index (κ2) is 7.06. The fourth-order valence-electron chi connectivity index (χ4n) is 3.98. The summed E-state index contributed by atoms with van der Waals surface area (Å²) in [5.74, 6) is -1.20. The number of oxazole rings is 1. The molecule has 2 aliphatic rings. The molecule has 2 saturated heterocycles. The Bertz CT molecular complexity index is 789. The van der Waals surface area contributed by atoms with Crippen molar-refractivity contribution in [3.05, 3.63) is 41.3 Å². The van der Waals surface area contributed by atoms with Gasteiger partial charge in [0.2, 0.25) is 5.89 Å². The van der Waals surface area contributed by atoms with Crippen LogP contribution >= 0.6 is 0 Å². The number of rotatable bonds is 4. The lowest BCUT2D eigenvalue weighted by Gasteiger charge is -2.25.